The predicted molar refractivity (Wildman–Crippen MR) is 129 cm³/mol. The number of hydrogen-bond donors (Lipinski definition) is 0. The molecule has 0 radical (unpaired) electrons. The molecule has 1 heterocycles. The lowest BCUT2D eigenvalue weighted by Crippen LogP contribution is -2.36. The van der Waals surface area contributed by atoms with Crippen molar-refractivity contribution in [1.82, 2.24) is 4.31 Å². The molecule has 31 heavy (non-hydrogen) atoms. The van der Waals surface area contributed by atoms with Gasteiger partial charge < -0.3 is 0 Å². The second kappa shape index (κ2) is 8.87. The van der Waals surface area contributed by atoms with Gasteiger partial charge in [0.05, 0.1) is 4.90 Å². The zero-order valence-electron chi connectivity index (χ0n) is 19.8. The summed E-state index contributed by atoms with van der Waals surface area (Å²) in [6, 6.07) is 15.3. The molecule has 0 N–H and O–H groups in total. The van der Waals surface area contributed by atoms with E-state index in [1.54, 1.807) is 0 Å². The first-order valence-corrected chi connectivity index (χ1v) is 12.7. The number of piperidine rings is 1. The van der Waals surface area contributed by atoms with Crippen molar-refractivity contribution in [1.29, 1.82) is 0 Å². The minimum Gasteiger partial charge on any atom is -0.266 e. The van der Waals surface area contributed by atoms with Crippen LogP contribution in [0.3, 0.4) is 0 Å². The average Bonchev–Trinajstić information content (AvgIpc) is 2.73. The van der Waals surface area contributed by atoms with Crippen molar-refractivity contribution >= 4 is 15.8 Å². The van der Waals surface area contributed by atoms with Crippen LogP contribution in [0, 0.1) is 0 Å². The Kier molecular flexibility index (Phi) is 6.78. The number of benzene rings is 2. The topological polar surface area (TPSA) is 49.7 Å². The van der Waals surface area contributed by atoms with Crippen molar-refractivity contribution in [3.63, 3.8) is 0 Å². The average molecular weight is 441 g/mol. The maximum Gasteiger partial charge on any atom is 0.286 e. The molecule has 1 fully saturated rings. The van der Waals surface area contributed by atoms with Gasteiger partial charge in [0.25, 0.3) is 5.91 Å². The van der Waals surface area contributed by atoms with Crippen molar-refractivity contribution < 1.29 is 9.00 Å². The van der Waals surface area contributed by atoms with E-state index in [1.165, 1.54) is 0 Å². The van der Waals surface area contributed by atoms with Crippen LogP contribution in [0.1, 0.15) is 82.3 Å². The van der Waals surface area contributed by atoms with Gasteiger partial charge in [-0.25, -0.2) is 8.51 Å². The summed E-state index contributed by atoms with van der Waals surface area (Å²) in [6.07, 6.45) is 3.07. The normalized spacial score (nSPS) is 17.7. The van der Waals surface area contributed by atoms with Crippen LogP contribution in [-0.2, 0) is 20.7 Å². The molecule has 1 amide bonds. The van der Waals surface area contributed by atoms with Crippen LogP contribution in [0.15, 0.2) is 57.8 Å². The van der Waals surface area contributed by atoms with Crippen LogP contribution in [0.4, 0.5) is 0 Å². The zero-order valence-corrected chi connectivity index (χ0v) is 20.6. The molecule has 0 bridgehead atoms. The number of hydrogen-bond acceptors (Lipinski definition) is 2. The van der Waals surface area contributed by atoms with E-state index in [1.807, 2.05) is 46.8 Å². The summed E-state index contributed by atoms with van der Waals surface area (Å²) < 4.78 is 20.6. The standard InChI is InChI=1S/C26H36N2O2S/c1-25(2,3)21-17-20(18-22(19-21)26(4,5)6)24(29)27-31(30,23-13-9-7-10-14-23)28-15-11-8-12-16-28/h7,9-10,13-14,17-19H,8,11-12,15-16H2,1-6H3. The molecule has 0 spiro atoms. The Morgan fingerprint density at radius 2 is 1.35 bits per heavy atom. The number of nitrogens with zero attached hydrogens (tertiary/aromatic N) is 2. The van der Waals surface area contributed by atoms with Crippen LogP contribution in [0.5, 0.6) is 0 Å². The molecule has 1 unspecified atom stereocenters. The molecule has 0 aromatic heterocycles. The van der Waals surface area contributed by atoms with Crippen LogP contribution in [0.2, 0.25) is 0 Å². The molecule has 2 aromatic rings. The van der Waals surface area contributed by atoms with Gasteiger partial charge in [-0.3, -0.25) is 4.79 Å². The zero-order chi connectivity index (χ0) is 22.9. The SMILES string of the molecule is CC(C)(C)c1cc(C(=O)N=S(=O)(c2ccccc2)N2CCCCC2)cc(C(C)(C)C)c1. The summed E-state index contributed by atoms with van der Waals surface area (Å²) in [4.78, 5) is 14.1. The summed E-state index contributed by atoms with van der Waals surface area (Å²) in [5.41, 5.74) is 2.47. The highest BCUT2D eigenvalue weighted by Gasteiger charge is 2.27. The summed E-state index contributed by atoms with van der Waals surface area (Å²) in [5.74, 6) is -0.406. The molecule has 1 aliphatic heterocycles. The van der Waals surface area contributed by atoms with Gasteiger partial charge in [-0.2, -0.15) is 0 Å². The van der Waals surface area contributed by atoms with Crippen LogP contribution in [0.25, 0.3) is 0 Å². The fourth-order valence-electron chi connectivity index (χ4n) is 3.75. The van der Waals surface area contributed by atoms with Crippen molar-refractivity contribution in [3.05, 3.63) is 65.2 Å². The first-order chi connectivity index (χ1) is 14.4. The molecule has 1 saturated heterocycles. The molecule has 168 valence electrons. The van der Waals surface area contributed by atoms with Crippen molar-refractivity contribution in [3.8, 4) is 0 Å². The van der Waals surface area contributed by atoms with Crippen LogP contribution < -0.4 is 0 Å². The third kappa shape index (κ3) is 5.45. The number of amides is 1. The Balaban J connectivity index is 2.16. The summed E-state index contributed by atoms with van der Waals surface area (Å²) in [7, 11) is -3.00. The largest absolute Gasteiger partial charge is 0.286 e. The van der Waals surface area contributed by atoms with Crippen LogP contribution in [-0.4, -0.2) is 27.5 Å². The molecule has 0 saturated carbocycles. The number of carbonyl (C=O) groups is 1. The summed E-state index contributed by atoms with van der Waals surface area (Å²) in [6.45, 7) is 14.2. The van der Waals surface area contributed by atoms with Gasteiger partial charge in [-0.1, -0.05) is 72.2 Å². The Hall–Kier alpha value is -1.98. The smallest absolute Gasteiger partial charge is 0.266 e. The van der Waals surface area contributed by atoms with E-state index in [4.69, 9.17) is 0 Å². The Bertz CT molecular complexity index is 1010. The lowest BCUT2D eigenvalue weighted by Gasteiger charge is -2.29. The minimum absolute atomic E-state index is 0.107. The molecular weight excluding hydrogens is 404 g/mol. The third-order valence-electron chi connectivity index (χ3n) is 5.83. The lowest BCUT2D eigenvalue weighted by atomic mass is 9.79. The quantitative estimate of drug-likeness (QED) is 0.558. The highest BCUT2D eigenvalue weighted by atomic mass is 32.2. The van der Waals surface area contributed by atoms with Gasteiger partial charge in [0.2, 0.25) is 0 Å². The van der Waals surface area contributed by atoms with Gasteiger partial charge >= 0.3 is 0 Å². The molecule has 1 aliphatic rings. The monoisotopic (exact) mass is 440 g/mol. The predicted octanol–water partition coefficient (Wildman–Crippen LogP) is 6.35. The van der Waals surface area contributed by atoms with E-state index in [-0.39, 0.29) is 10.8 Å². The molecule has 4 nitrogen and oxygen atoms in total. The van der Waals surface area contributed by atoms with E-state index in [9.17, 15) is 9.00 Å². The fourth-order valence-corrected chi connectivity index (χ4v) is 5.87. The first kappa shape index (κ1) is 23.7. The van der Waals surface area contributed by atoms with Gasteiger partial charge in [0.1, 0.15) is 9.92 Å². The summed E-state index contributed by atoms with van der Waals surface area (Å²) >= 11 is 0. The molecule has 0 aliphatic carbocycles. The van der Waals surface area contributed by atoms with E-state index < -0.39 is 15.8 Å². The van der Waals surface area contributed by atoms with Crippen molar-refractivity contribution in [2.75, 3.05) is 13.1 Å². The molecule has 3 rings (SSSR count). The Labute approximate surface area is 188 Å². The van der Waals surface area contributed by atoms with E-state index >= 15 is 0 Å². The highest BCUT2D eigenvalue weighted by Crippen LogP contribution is 2.31. The highest BCUT2D eigenvalue weighted by molar-refractivity contribution is 7.91. The van der Waals surface area contributed by atoms with E-state index in [0.717, 1.165) is 30.4 Å². The molecule has 1 atom stereocenters. The maximum absolute atomic E-state index is 14.2. The van der Waals surface area contributed by atoms with Crippen molar-refractivity contribution in [2.24, 2.45) is 4.36 Å². The van der Waals surface area contributed by atoms with Crippen LogP contribution >= 0.6 is 0 Å². The maximum atomic E-state index is 14.2. The molecule has 2 aromatic carbocycles. The number of rotatable bonds is 3. The van der Waals surface area contributed by atoms with E-state index in [0.29, 0.717) is 23.5 Å². The third-order valence-corrected chi connectivity index (χ3v) is 8.20. The van der Waals surface area contributed by atoms with Gasteiger partial charge in [-0.05, 0) is 59.1 Å². The fraction of sp³-hybridized carbons (Fsp3) is 0.500. The Morgan fingerprint density at radius 1 is 0.839 bits per heavy atom. The second-order valence-corrected chi connectivity index (χ2v) is 12.7. The first-order valence-electron chi connectivity index (χ1n) is 11.2. The second-order valence-electron chi connectivity index (χ2n) is 10.5. The van der Waals surface area contributed by atoms with Crippen molar-refractivity contribution in [2.45, 2.75) is 76.5 Å². The minimum atomic E-state index is -3.00. The Morgan fingerprint density at radius 3 is 1.84 bits per heavy atom. The molecular formula is C26H36N2O2S. The lowest BCUT2D eigenvalue weighted by molar-refractivity contribution is 0.100. The summed E-state index contributed by atoms with van der Waals surface area (Å²) in [5, 5.41) is 0. The van der Waals surface area contributed by atoms with E-state index in [2.05, 4.69) is 52.0 Å². The van der Waals surface area contributed by atoms with Gasteiger partial charge in [0, 0.05) is 18.7 Å². The molecule has 5 heteroatoms. The van der Waals surface area contributed by atoms with Gasteiger partial charge in [0.15, 0.2) is 0 Å². The number of carbonyl (C=O) groups excluding carboxylic acids is 1. The van der Waals surface area contributed by atoms with Gasteiger partial charge in [-0.15, -0.1) is 4.36 Å².